The maximum atomic E-state index is 12.6. The van der Waals surface area contributed by atoms with E-state index in [0.717, 1.165) is 30.6 Å². The Labute approximate surface area is 113 Å². The molecule has 3 heteroatoms. The van der Waals surface area contributed by atoms with E-state index in [-0.39, 0.29) is 11.9 Å². The van der Waals surface area contributed by atoms with Crippen LogP contribution in [0, 0.1) is 5.92 Å². The summed E-state index contributed by atoms with van der Waals surface area (Å²) in [5.74, 6) is 1.05. The first kappa shape index (κ1) is 12.5. The number of carbonyl (C=O) groups is 1. The molecule has 1 saturated carbocycles. The number of hydrogen-bond donors (Lipinski definition) is 0. The highest BCUT2D eigenvalue weighted by molar-refractivity contribution is 5.85. The van der Waals surface area contributed by atoms with Crippen LogP contribution in [0.1, 0.15) is 38.2 Å². The molecule has 0 N–H and O–H groups in total. The van der Waals surface area contributed by atoms with E-state index in [1.165, 1.54) is 6.42 Å². The second kappa shape index (κ2) is 4.87. The van der Waals surface area contributed by atoms with Crippen LogP contribution in [0.3, 0.4) is 0 Å². The molecule has 1 aliphatic carbocycles. The normalized spacial score (nSPS) is 28.8. The van der Waals surface area contributed by atoms with Crippen LogP contribution in [-0.4, -0.2) is 19.2 Å². The smallest absolute Gasteiger partial charge is 0.317 e. The highest BCUT2D eigenvalue weighted by Crippen LogP contribution is 2.50. The number of carbonyl (C=O) groups excluding carboxylic acids is 1. The molecule has 1 aromatic rings. The van der Waals surface area contributed by atoms with E-state index in [1.54, 1.807) is 0 Å². The predicted molar refractivity (Wildman–Crippen MR) is 72.2 cm³/mol. The first-order valence-corrected chi connectivity index (χ1v) is 7.18. The Morgan fingerprint density at radius 3 is 3.11 bits per heavy atom. The average molecular weight is 260 g/mol. The molecule has 0 amide bonds. The van der Waals surface area contributed by atoms with Crippen molar-refractivity contribution in [3.05, 3.63) is 29.8 Å². The van der Waals surface area contributed by atoms with Crippen molar-refractivity contribution in [2.45, 2.75) is 38.0 Å². The van der Waals surface area contributed by atoms with Crippen molar-refractivity contribution < 1.29 is 14.3 Å². The summed E-state index contributed by atoms with van der Waals surface area (Å²) < 4.78 is 11.2. The zero-order valence-corrected chi connectivity index (χ0v) is 11.4. The van der Waals surface area contributed by atoms with E-state index >= 15 is 0 Å². The monoisotopic (exact) mass is 260 g/mol. The topological polar surface area (TPSA) is 35.5 Å². The van der Waals surface area contributed by atoms with Gasteiger partial charge in [-0.05, 0) is 25.8 Å². The molecule has 3 nitrogen and oxygen atoms in total. The Morgan fingerprint density at radius 2 is 2.26 bits per heavy atom. The molecule has 2 unspecified atom stereocenters. The zero-order chi connectivity index (χ0) is 13.3. The van der Waals surface area contributed by atoms with E-state index in [1.807, 2.05) is 31.2 Å². The lowest BCUT2D eigenvalue weighted by molar-refractivity contribution is -0.156. The van der Waals surface area contributed by atoms with Crippen LogP contribution >= 0.6 is 0 Å². The number of esters is 1. The Hall–Kier alpha value is -1.51. The van der Waals surface area contributed by atoms with E-state index in [4.69, 9.17) is 9.47 Å². The summed E-state index contributed by atoms with van der Waals surface area (Å²) in [6, 6.07) is 7.94. The molecule has 1 fully saturated rings. The number of hydrogen-bond acceptors (Lipinski definition) is 3. The lowest BCUT2D eigenvalue weighted by Crippen LogP contribution is -2.51. The first-order valence-electron chi connectivity index (χ1n) is 7.18. The molecule has 0 saturated heterocycles. The molecule has 3 rings (SSSR count). The number of para-hydroxylation sites is 1. The third-order valence-electron chi connectivity index (χ3n) is 4.52. The van der Waals surface area contributed by atoms with Crippen LogP contribution in [0.4, 0.5) is 0 Å². The largest absolute Gasteiger partial charge is 0.493 e. The SMILES string of the molecule is CCOC(=O)C12CCCCC1COc1ccccc12. The summed E-state index contributed by atoms with van der Waals surface area (Å²) in [5, 5.41) is 0. The van der Waals surface area contributed by atoms with Crippen LogP contribution in [-0.2, 0) is 14.9 Å². The van der Waals surface area contributed by atoms with Crippen molar-refractivity contribution in [1.82, 2.24) is 0 Å². The Bertz CT molecular complexity index is 483. The fourth-order valence-corrected chi connectivity index (χ4v) is 3.62. The summed E-state index contributed by atoms with van der Waals surface area (Å²) in [6.45, 7) is 2.95. The van der Waals surface area contributed by atoms with Crippen LogP contribution in [0.25, 0.3) is 0 Å². The van der Waals surface area contributed by atoms with E-state index in [0.29, 0.717) is 13.2 Å². The molecule has 1 aliphatic heterocycles. The fourth-order valence-electron chi connectivity index (χ4n) is 3.62. The van der Waals surface area contributed by atoms with Gasteiger partial charge in [-0.15, -0.1) is 0 Å². The van der Waals surface area contributed by atoms with Crippen molar-refractivity contribution >= 4 is 5.97 Å². The van der Waals surface area contributed by atoms with Gasteiger partial charge in [0, 0.05) is 11.5 Å². The minimum absolute atomic E-state index is 0.0598. The van der Waals surface area contributed by atoms with Gasteiger partial charge in [0.25, 0.3) is 0 Å². The maximum Gasteiger partial charge on any atom is 0.317 e. The molecular formula is C16H20O3. The van der Waals surface area contributed by atoms with Crippen LogP contribution in [0.2, 0.25) is 0 Å². The average Bonchev–Trinajstić information content (AvgIpc) is 2.47. The molecule has 102 valence electrons. The molecule has 2 aliphatic rings. The highest BCUT2D eigenvalue weighted by atomic mass is 16.5. The molecule has 0 spiro atoms. The van der Waals surface area contributed by atoms with Crippen molar-refractivity contribution in [3.8, 4) is 5.75 Å². The molecular weight excluding hydrogens is 240 g/mol. The van der Waals surface area contributed by atoms with Gasteiger partial charge in [-0.25, -0.2) is 0 Å². The van der Waals surface area contributed by atoms with Gasteiger partial charge in [-0.3, -0.25) is 4.79 Å². The van der Waals surface area contributed by atoms with Crippen LogP contribution in [0.5, 0.6) is 5.75 Å². The van der Waals surface area contributed by atoms with Gasteiger partial charge in [0.05, 0.1) is 13.2 Å². The van der Waals surface area contributed by atoms with Gasteiger partial charge in [0.15, 0.2) is 0 Å². The lowest BCUT2D eigenvalue weighted by atomic mass is 9.61. The van der Waals surface area contributed by atoms with Gasteiger partial charge in [0.2, 0.25) is 0 Å². The molecule has 1 heterocycles. The molecule has 0 radical (unpaired) electrons. The molecule has 19 heavy (non-hydrogen) atoms. The van der Waals surface area contributed by atoms with Crippen molar-refractivity contribution in [1.29, 1.82) is 0 Å². The lowest BCUT2D eigenvalue weighted by Gasteiger charge is -2.45. The standard InChI is InChI=1S/C16H20O3/c1-2-18-15(17)16-10-6-5-7-12(16)11-19-14-9-4-3-8-13(14)16/h3-4,8-9,12H,2,5-7,10-11H2,1H3. The van der Waals surface area contributed by atoms with Gasteiger partial charge in [-0.1, -0.05) is 31.0 Å². The summed E-state index contributed by atoms with van der Waals surface area (Å²) >= 11 is 0. The van der Waals surface area contributed by atoms with Gasteiger partial charge in [0.1, 0.15) is 11.2 Å². The molecule has 0 aromatic heterocycles. The third-order valence-corrected chi connectivity index (χ3v) is 4.52. The minimum atomic E-state index is -0.469. The minimum Gasteiger partial charge on any atom is -0.493 e. The van der Waals surface area contributed by atoms with Gasteiger partial charge < -0.3 is 9.47 Å². The molecule has 1 aromatic carbocycles. The predicted octanol–water partition coefficient (Wildman–Crippen LogP) is 3.07. The van der Waals surface area contributed by atoms with E-state index in [9.17, 15) is 4.79 Å². The highest BCUT2D eigenvalue weighted by Gasteiger charge is 2.53. The second-order valence-corrected chi connectivity index (χ2v) is 5.44. The quantitative estimate of drug-likeness (QED) is 0.767. The summed E-state index contributed by atoms with van der Waals surface area (Å²) in [4.78, 5) is 12.6. The number of fused-ring (bicyclic) bond motifs is 3. The zero-order valence-electron chi connectivity index (χ0n) is 11.4. The van der Waals surface area contributed by atoms with Gasteiger partial charge in [-0.2, -0.15) is 0 Å². The molecule has 0 bridgehead atoms. The summed E-state index contributed by atoms with van der Waals surface area (Å²) in [7, 11) is 0. The number of rotatable bonds is 2. The fraction of sp³-hybridized carbons (Fsp3) is 0.562. The van der Waals surface area contributed by atoms with Gasteiger partial charge >= 0.3 is 5.97 Å². The maximum absolute atomic E-state index is 12.6. The second-order valence-electron chi connectivity index (χ2n) is 5.44. The summed E-state index contributed by atoms with van der Waals surface area (Å²) in [5.41, 5.74) is 0.563. The number of ether oxygens (including phenoxy) is 2. The number of benzene rings is 1. The Balaban J connectivity index is 2.10. The van der Waals surface area contributed by atoms with Crippen molar-refractivity contribution in [2.75, 3.05) is 13.2 Å². The first-order chi connectivity index (χ1) is 9.29. The van der Waals surface area contributed by atoms with Crippen LogP contribution < -0.4 is 4.74 Å². The van der Waals surface area contributed by atoms with E-state index < -0.39 is 5.41 Å². The molecule has 2 atom stereocenters. The Morgan fingerprint density at radius 1 is 1.42 bits per heavy atom. The van der Waals surface area contributed by atoms with Crippen molar-refractivity contribution in [2.24, 2.45) is 5.92 Å². The van der Waals surface area contributed by atoms with Crippen molar-refractivity contribution in [3.63, 3.8) is 0 Å². The van der Waals surface area contributed by atoms with Crippen LogP contribution in [0.15, 0.2) is 24.3 Å². The van der Waals surface area contributed by atoms with E-state index in [2.05, 4.69) is 0 Å². The Kier molecular flexibility index (Phi) is 3.21. The third kappa shape index (κ3) is 1.83. The summed E-state index contributed by atoms with van der Waals surface area (Å²) in [6.07, 6.45) is 4.20.